The first-order chi connectivity index (χ1) is 9.42. The van der Waals surface area contributed by atoms with Gasteiger partial charge in [0, 0.05) is 24.2 Å². The van der Waals surface area contributed by atoms with E-state index in [1.807, 2.05) is 20.0 Å². The highest BCUT2D eigenvalue weighted by atomic mass is 79.9. The molecule has 1 rings (SSSR count). The quantitative estimate of drug-likeness (QED) is 0.690. The maximum absolute atomic E-state index is 12.3. The lowest BCUT2D eigenvalue weighted by Gasteiger charge is -2.13. The summed E-state index contributed by atoms with van der Waals surface area (Å²) in [4.78, 5) is 0.300. The van der Waals surface area contributed by atoms with Gasteiger partial charge in [0.1, 0.15) is 0 Å². The van der Waals surface area contributed by atoms with Crippen molar-refractivity contribution in [3.63, 3.8) is 0 Å². The molecule has 0 spiro atoms. The molecule has 0 amide bonds. The molecule has 0 bridgehead atoms. The van der Waals surface area contributed by atoms with Crippen molar-refractivity contribution in [1.29, 1.82) is 0 Å². The van der Waals surface area contributed by atoms with Crippen LogP contribution in [0, 0.1) is 6.92 Å². The van der Waals surface area contributed by atoms with Crippen LogP contribution in [0.5, 0.6) is 0 Å². The van der Waals surface area contributed by atoms with Crippen molar-refractivity contribution in [3.8, 4) is 0 Å². The molecule has 0 aliphatic heterocycles. The van der Waals surface area contributed by atoms with Crippen LogP contribution in [-0.2, 0) is 21.3 Å². The summed E-state index contributed by atoms with van der Waals surface area (Å²) in [6.45, 7) is 5.47. The van der Waals surface area contributed by atoms with Gasteiger partial charge in [-0.2, -0.15) is 0 Å². The Kier molecular flexibility index (Phi) is 7.11. The van der Waals surface area contributed by atoms with E-state index in [1.165, 1.54) is 0 Å². The Bertz CT molecular complexity index is 547. The number of rotatable bonds is 8. The third kappa shape index (κ3) is 4.82. The fourth-order valence-corrected chi connectivity index (χ4v) is 3.73. The van der Waals surface area contributed by atoms with Gasteiger partial charge in [-0.25, -0.2) is 13.1 Å². The highest BCUT2D eigenvalue weighted by Crippen LogP contribution is 2.25. The molecule has 0 aromatic heterocycles. The number of hydrogen-bond donors (Lipinski definition) is 2. The minimum atomic E-state index is -3.52. The van der Waals surface area contributed by atoms with Gasteiger partial charge in [0.15, 0.2) is 0 Å². The van der Waals surface area contributed by atoms with E-state index in [-0.39, 0.29) is 6.54 Å². The molecule has 0 unspecified atom stereocenters. The molecule has 2 N–H and O–H groups in total. The molecule has 1 aromatic rings. The first-order valence-corrected chi connectivity index (χ1v) is 8.71. The van der Waals surface area contributed by atoms with Gasteiger partial charge in [-0.3, -0.25) is 0 Å². The summed E-state index contributed by atoms with van der Waals surface area (Å²) in [5.74, 6) is 0. The standard InChI is InChI=1S/C13H21BrN2O3S/c1-4-19-6-5-16-20(17,18)13-8-11(9-15-3)7-12(14)10(13)2/h7-8,15-16H,4-6,9H2,1-3H3. The Hall–Kier alpha value is -0.470. The summed E-state index contributed by atoms with van der Waals surface area (Å²) in [6.07, 6.45) is 0. The summed E-state index contributed by atoms with van der Waals surface area (Å²) in [7, 11) is -1.70. The second kappa shape index (κ2) is 8.09. The maximum Gasteiger partial charge on any atom is 0.240 e. The SMILES string of the molecule is CCOCCNS(=O)(=O)c1cc(CNC)cc(Br)c1C. The second-order valence-corrected chi connectivity index (χ2v) is 6.92. The Balaban J connectivity index is 2.98. The summed E-state index contributed by atoms with van der Waals surface area (Å²) < 4.78 is 33.1. The fraction of sp³-hybridized carbons (Fsp3) is 0.538. The fourth-order valence-electron chi connectivity index (χ4n) is 1.76. The van der Waals surface area contributed by atoms with E-state index in [0.29, 0.717) is 30.2 Å². The van der Waals surface area contributed by atoms with Crippen molar-refractivity contribution in [3.05, 3.63) is 27.7 Å². The smallest absolute Gasteiger partial charge is 0.240 e. The van der Waals surface area contributed by atoms with Crippen LogP contribution in [-0.4, -0.2) is 35.2 Å². The van der Waals surface area contributed by atoms with E-state index < -0.39 is 10.0 Å². The summed E-state index contributed by atoms with van der Waals surface area (Å²) in [5, 5.41) is 3.01. The van der Waals surface area contributed by atoms with Gasteiger partial charge >= 0.3 is 0 Å². The minimum Gasteiger partial charge on any atom is -0.380 e. The molecule has 0 aliphatic carbocycles. The summed E-state index contributed by atoms with van der Waals surface area (Å²) >= 11 is 3.41. The van der Waals surface area contributed by atoms with E-state index in [4.69, 9.17) is 4.74 Å². The van der Waals surface area contributed by atoms with Crippen LogP contribution in [0.25, 0.3) is 0 Å². The van der Waals surface area contributed by atoms with Gasteiger partial charge in [-0.1, -0.05) is 15.9 Å². The number of nitrogens with one attached hydrogen (secondary N) is 2. The first kappa shape index (κ1) is 17.6. The molecule has 0 atom stereocenters. The third-order valence-corrected chi connectivity index (χ3v) is 5.18. The van der Waals surface area contributed by atoms with Crippen LogP contribution in [0.15, 0.2) is 21.5 Å². The van der Waals surface area contributed by atoms with Crippen molar-refractivity contribution in [2.24, 2.45) is 0 Å². The molecule has 114 valence electrons. The van der Waals surface area contributed by atoms with Crippen LogP contribution >= 0.6 is 15.9 Å². The van der Waals surface area contributed by atoms with Crippen LogP contribution in [0.2, 0.25) is 0 Å². The Morgan fingerprint density at radius 3 is 2.65 bits per heavy atom. The van der Waals surface area contributed by atoms with Gasteiger partial charge in [0.2, 0.25) is 10.0 Å². The van der Waals surface area contributed by atoms with Gasteiger partial charge in [-0.05, 0) is 44.2 Å². The Morgan fingerprint density at radius 2 is 2.05 bits per heavy atom. The maximum atomic E-state index is 12.3. The van der Waals surface area contributed by atoms with Crippen molar-refractivity contribution in [1.82, 2.24) is 10.0 Å². The zero-order chi connectivity index (χ0) is 15.2. The third-order valence-electron chi connectivity index (χ3n) is 2.77. The Labute approximate surface area is 129 Å². The summed E-state index contributed by atoms with van der Waals surface area (Å²) in [6, 6.07) is 3.62. The molecule has 7 heteroatoms. The lowest BCUT2D eigenvalue weighted by atomic mass is 10.1. The molecular formula is C13H21BrN2O3S. The zero-order valence-corrected chi connectivity index (χ0v) is 14.4. The van der Waals surface area contributed by atoms with Gasteiger partial charge in [0.25, 0.3) is 0 Å². The lowest BCUT2D eigenvalue weighted by Crippen LogP contribution is -2.28. The van der Waals surface area contributed by atoms with Gasteiger partial charge in [-0.15, -0.1) is 0 Å². The molecule has 0 radical (unpaired) electrons. The average Bonchev–Trinajstić information content (AvgIpc) is 2.39. The van der Waals surface area contributed by atoms with E-state index >= 15 is 0 Å². The molecule has 0 fully saturated rings. The van der Waals surface area contributed by atoms with Crippen molar-refractivity contribution in [2.45, 2.75) is 25.3 Å². The first-order valence-electron chi connectivity index (χ1n) is 6.43. The molecule has 0 aliphatic rings. The van der Waals surface area contributed by atoms with Crippen molar-refractivity contribution < 1.29 is 13.2 Å². The van der Waals surface area contributed by atoms with Gasteiger partial charge < -0.3 is 10.1 Å². The summed E-state index contributed by atoms with van der Waals surface area (Å²) in [5.41, 5.74) is 1.61. The van der Waals surface area contributed by atoms with E-state index in [9.17, 15) is 8.42 Å². The van der Waals surface area contributed by atoms with E-state index in [0.717, 1.165) is 10.0 Å². The second-order valence-electron chi connectivity index (χ2n) is 4.33. The molecule has 1 aromatic carbocycles. The molecule has 0 heterocycles. The van der Waals surface area contributed by atoms with Crippen LogP contribution in [0.1, 0.15) is 18.1 Å². The largest absolute Gasteiger partial charge is 0.380 e. The monoisotopic (exact) mass is 364 g/mol. The predicted molar refractivity (Wildman–Crippen MR) is 83.3 cm³/mol. The van der Waals surface area contributed by atoms with Crippen LogP contribution in [0.3, 0.4) is 0 Å². The Morgan fingerprint density at radius 1 is 1.35 bits per heavy atom. The van der Waals surface area contributed by atoms with Crippen molar-refractivity contribution >= 4 is 26.0 Å². The highest BCUT2D eigenvalue weighted by molar-refractivity contribution is 9.10. The van der Waals surface area contributed by atoms with E-state index in [1.54, 1.807) is 13.0 Å². The molecule has 5 nitrogen and oxygen atoms in total. The number of benzene rings is 1. The normalized spacial score (nSPS) is 11.8. The highest BCUT2D eigenvalue weighted by Gasteiger charge is 2.18. The number of hydrogen-bond acceptors (Lipinski definition) is 4. The molecule has 0 saturated carbocycles. The number of ether oxygens (including phenoxy) is 1. The number of sulfonamides is 1. The van der Waals surface area contributed by atoms with E-state index in [2.05, 4.69) is 26.0 Å². The minimum absolute atomic E-state index is 0.267. The van der Waals surface area contributed by atoms with Crippen LogP contribution in [0.4, 0.5) is 0 Å². The van der Waals surface area contributed by atoms with Gasteiger partial charge in [0.05, 0.1) is 11.5 Å². The average molecular weight is 365 g/mol. The molecule has 0 saturated heterocycles. The molecular weight excluding hydrogens is 344 g/mol. The number of halogens is 1. The predicted octanol–water partition coefficient (Wildman–Crippen LogP) is 1.79. The topological polar surface area (TPSA) is 67.4 Å². The van der Waals surface area contributed by atoms with Crippen molar-refractivity contribution in [2.75, 3.05) is 26.8 Å². The zero-order valence-electron chi connectivity index (χ0n) is 12.0. The lowest BCUT2D eigenvalue weighted by molar-refractivity contribution is 0.153. The molecule has 20 heavy (non-hydrogen) atoms. The van der Waals surface area contributed by atoms with Crippen LogP contribution < -0.4 is 10.0 Å².